The van der Waals surface area contributed by atoms with Gasteiger partial charge in [-0.25, -0.2) is 4.79 Å². The van der Waals surface area contributed by atoms with Gasteiger partial charge in [-0.05, 0) is 37.1 Å². The van der Waals surface area contributed by atoms with Crippen LogP contribution in [0.25, 0.3) is 0 Å². The lowest BCUT2D eigenvalue weighted by Crippen LogP contribution is -2.40. The molecule has 98 valence electrons. The van der Waals surface area contributed by atoms with E-state index < -0.39 is 12.0 Å². The number of carboxylic acid groups (broad SMARTS) is 1. The van der Waals surface area contributed by atoms with Gasteiger partial charge in [0.1, 0.15) is 6.04 Å². The summed E-state index contributed by atoms with van der Waals surface area (Å²) in [5.41, 5.74) is 1.31. The number of aliphatic carboxylic acids is 1. The monoisotopic (exact) mass is 313 g/mol. The van der Waals surface area contributed by atoms with Crippen molar-refractivity contribution in [3.8, 4) is 0 Å². The zero-order valence-electron chi connectivity index (χ0n) is 10.4. The molecule has 0 heterocycles. The molecule has 1 atom stereocenters. The minimum atomic E-state index is -1.00. The highest BCUT2D eigenvalue weighted by Crippen LogP contribution is 2.16. The molecule has 1 amide bonds. The molecular weight excluding hydrogens is 298 g/mol. The summed E-state index contributed by atoms with van der Waals surface area (Å²) in [6, 6.07) is 4.44. The van der Waals surface area contributed by atoms with Gasteiger partial charge < -0.3 is 10.4 Å². The Morgan fingerprint density at radius 2 is 2.11 bits per heavy atom. The van der Waals surface area contributed by atoms with Crippen LogP contribution in [0.15, 0.2) is 22.7 Å². The molecule has 0 aromatic heterocycles. The van der Waals surface area contributed by atoms with E-state index in [1.165, 1.54) is 0 Å². The number of aryl methyl sites for hydroxylation is 1. The second-order valence-corrected chi connectivity index (χ2v) is 5.03. The van der Waals surface area contributed by atoms with Gasteiger partial charge in [-0.1, -0.05) is 29.3 Å². The Hall–Kier alpha value is -1.36. The molecule has 18 heavy (non-hydrogen) atoms. The number of carboxylic acids is 1. The highest BCUT2D eigenvalue weighted by Gasteiger charge is 2.20. The lowest BCUT2D eigenvalue weighted by atomic mass is 10.1. The van der Waals surface area contributed by atoms with E-state index in [-0.39, 0.29) is 5.91 Å². The summed E-state index contributed by atoms with van der Waals surface area (Å²) < 4.78 is 0.889. The van der Waals surface area contributed by atoms with Crippen molar-refractivity contribution in [3.63, 3.8) is 0 Å². The third kappa shape index (κ3) is 3.84. The third-order valence-corrected chi connectivity index (χ3v) is 3.11. The van der Waals surface area contributed by atoms with Crippen LogP contribution in [0, 0.1) is 6.92 Å². The third-order valence-electron chi connectivity index (χ3n) is 2.61. The lowest BCUT2D eigenvalue weighted by molar-refractivity contribution is -0.139. The molecule has 0 fully saturated rings. The molecule has 0 saturated heterocycles. The van der Waals surface area contributed by atoms with Crippen LogP contribution in [0.3, 0.4) is 0 Å². The number of hydrogen-bond acceptors (Lipinski definition) is 2. The molecule has 0 aliphatic heterocycles. The lowest BCUT2D eigenvalue weighted by Gasteiger charge is -2.14. The van der Waals surface area contributed by atoms with Crippen LogP contribution in [0.1, 0.15) is 35.7 Å². The molecule has 4 nitrogen and oxygen atoms in total. The van der Waals surface area contributed by atoms with Crippen LogP contribution in [0.5, 0.6) is 0 Å². The largest absolute Gasteiger partial charge is 0.480 e. The van der Waals surface area contributed by atoms with Gasteiger partial charge in [-0.2, -0.15) is 0 Å². The van der Waals surface area contributed by atoms with E-state index in [0.29, 0.717) is 18.4 Å². The fourth-order valence-electron chi connectivity index (χ4n) is 1.66. The zero-order chi connectivity index (χ0) is 13.7. The number of carbonyl (C=O) groups is 2. The summed E-state index contributed by atoms with van der Waals surface area (Å²) in [5, 5.41) is 11.5. The van der Waals surface area contributed by atoms with E-state index >= 15 is 0 Å². The summed E-state index contributed by atoms with van der Waals surface area (Å²) >= 11 is 3.32. The number of benzene rings is 1. The van der Waals surface area contributed by atoms with Gasteiger partial charge in [-0.15, -0.1) is 0 Å². The summed E-state index contributed by atoms with van der Waals surface area (Å²) in [4.78, 5) is 22.9. The minimum absolute atomic E-state index is 0.346. The standard InChI is InChI=1S/C13H16BrNO3/c1-3-4-11(13(17)18)15-12(16)10-6-5-9(14)7-8(10)2/h5-7,11H,3-4H2,1-2H3,(H,15,16)(H,17,18)/t11-/m1/s1. The molecule has 0 bridgehead atoms. The first kappa shape index (κ1) is 14.7. The maximum atomic E-state index is 12.0. The number of halogens is 1. The van der Waals surface area contributed by atoms with Gasteiger partial charge in [-0.3, -0.25) is 4.79 Å². The van der Waals surface area contributed by atoms with Crippen molar-refractivity contribution in [2.45, 2.75) is 32.7 Å². The smallest absolute Gasteiger partial charge is 0.326 e. The van der Waals surface area contributed by atoms with Gasteiger partial charge in [0.2, 0.25) is 0 Å². The van der Waals surface area contributed by atoms with Gasteiger partial charge in [0, 0.05) is 10.0 Å². The predicted molar refractivity (Wildman–Crippen MR) is 72.7 cm³/mol. The number of nitrogens with one attached hydrogen (secondary N) is 1. The molecule has 0 unspecified atom stereocenters. The highest BCUT2D eigenvalue weighted by molar-refractivity contribution is 9.10. The van der Waals surface area contributed by atoms with Gasteiger partial charge in [0.15, 0.2) is 0 Å². The van der Waals surface area contributed by atoms with E-state index in [2.05, 4.69) is 21.2 Å². The van der Waals surface area contributed by atoms with Crippen LogP contribution in [-0.4, -0.2) is 23.0 Å². The van der Waals surface area contributed by atoms with E-state index in [1.807, 2.05) is 19.9 Å². The Labute approximate surface area is 115 Å². The second kappa shape index (κ2) is 6.54. The summed E-state index contributed by atoms with van der Waals surface area (Å²) in [7, 11) is 0. The normalized spacial score (nSPS) is 11.9. The van der Waals surface area contributed by atoms with Crippen LogP contribution < -0.4 is 5.32 Å². The van der Waals surface area contributed by atoms with Crippen LogP contribution >= 0.6 is 15.9 Å². The molecule has 0 aliphatic rings. The molecular formula is C13H16BrNO3. The summed E-state index contributed by atoms with van der Waals surface area (Å²) in [6.07, 6.45) is 1.13. The molecule has 2 N–H and O–H groups in total. The van der Waals surface area contributed by atoms with Crippen molar-refractivity contribution >= 4 is 27.8 Å². The van der Waals surface area contributed by atoms with Crippen molar-refractivity contribution in [2.24, 2.45) is 0 Å². The van der Waals surface area contributed by atoms with Gasteiger partial charge in [0.05, 0.1) is 0 Å². The Bertz CT molecular complexity index is 460. The molecule has 0 spiro atoms. The molecule has 1 aromatic carbocycles. The molecule has 0 aliphatic carbocycles. The van der Waals surface area contributed by atoms with Crippen molar-refractivity contribution in [1.82, 2.24) is 5.32 Å². The van der Waals surface area contributed by atoms with Crippen molar-refractivity contribution in [3.05, 3.63) is 33.8 Å². The Balaban J connectivity index is 2.83. The Kier molecular flexibility index (Phi) is 5.34. The van der Waals surface area contributed by atoms with Gasteiger partial charge >= 0.3 is 5.97 Å². The first-order valence-electron chi connectivity index (χ1n) is 5.75. The van der Waals surface area contributed by atoms with Crippen LogP contribution in [-0.2, 0) is 4.79 Å². The Morgan fingerprint density at radius 3 is 2.61 bits per heavy atom. The Morgan fingerprint density at radius 1 is 1.44 bits per heavy atom. The van der Waals surface area contributed by atoms with E-state index in [0.717, 1.165) is 10.0 Å². The highest BCUT2D eigenvalue weighted by atomic mass is 79.9. The fourth-order valence-corrected chi connectivity index (χ4v) is 2.14. The molecule has 0 saturated carbocycles. The molecule has 5 heteroatoms. The van der Waals surface area contributed by atoms with E-state index in [4.69, 9.17) is 5.11 Å². The maximum absolute atomic E-state index is 12.0. The molecule has 1 rings (SSSR count). The quantitative estimate of drug-likeness (QED) is 0.878. The van der Waals surface area contributed by atoms with E-state index in [1.54, 1.807) is 12.1 Å². The fraction of sp³-hybridized carbons (Fsp3) is 0.385. The number of hydrogen-bond donors (Lipinski definition) is 2. The van der Waals surface area contributed by atoms with Crippen LogP contribution in [0.4, 0.5) is 0 Å². The first-order chi connectivity index (χ1) is 8.45. The zero-order valence-corrected chi connectivity index (χ0v) is 12.0. The maximum Gasteiger partial charge on any atom is 0.326 e. The number of rotatable bonds is 5. The van der Waals surface area contributed by atoms with Crippen LogP contribution in [0.2, 0.25) is 0 Å². The van der Waals surface area contributed by atoms with Crippen molar-refractivity contribution in [1.29, 1.82) is 0 Å². The number of carbonyl (C=O) groups excluding carboxylic acids is 1. The number of amides is 1. The van der Waals surface area contributed by atoms with Crippen molar-refractivity contribution < 1.29 is 14.7 Å². The average Bonchev–Trinajstić information content (AvgIpc) is 2.27. The molecule has 1 aromatic rings. The van der Waals surface area contributed by atoms with Crippen molar-refractivity contribution in [2.75, 3.05) is 0 Å². The topological polar surface area (TPSA) is 66.4 Å². The minimum Gasteiger partial charge on any atom is -0.480 e. The van der Waals surface area contributed by atoms with E-state index in [9.17, 15) is 9.59 Å². The SMILES string of the molecule is CCC[C@@H](NC(=O)c1ccc(Br)cc1C)C(=O)O. The molecule has 0 radical (unpaired) electrons. The second-order valence-electron chi connectivity index (χ2n) is 4.11. The predicted octanol–water partition coefficient (Wildman–Crippen LogP) is 2.74. The summed E-state index contributed by atoms with van der Waals surface area (Å²) in [5.74, 6) is -1.35. The summed E-state index contributed by atoms with van der Waals surface area (Å²) in [6.45, 7) is 3.70. The van der Waals surface area contributed by atoms with Gasteiger partial charge in [0.25, 0.3) is 5.91 Å². The average molecular weight is 314 g/mol. The first-order valence-corrected chi connectivity index (χ1v) is 6.54.